The third-order valence-electron chi connectivity index (χ3n) is 3.72. The summed E-state index contributed by atoms with van der Waals surface area (Å²) in [4.78, 5) is 2.25. The van der Waals surface area contributed by atoms with Gasteiger partial charge in [-0.2, -0.15) is 0 Å². The topological polar surface area (TPSA) is 63.4 Å². The Morgan fingerprint density at radius 3 is 2.65 bits per heavy atom. The quantitative estimate of drug-likeness (QED) is 0.919. The van der Waals surface area contributed by atoms with Crippen molar-refractivity contribution in [3.8, 4) is 0 Å². The number of rotatable bonds is 4. The Morgan fingerprint density at radius 1 is 1.35 bits per heavy atom. The van der Waals surface area contributed by atoms with Crippen molar-refractivity contribution in [3.63, 3.8) is 0 Å². The summed E-state index contributed by atoms with van der Waals surface area (Å²) in [6.07, 6.45) is 1.44. The number of sulfonamides is 1. The van der Waals surface area contributed by atoms with Crippen LogP contribution in [0.4, 0.5) is 0 Å². The highest BCUT2D eigenvalue weighted by molar-refractivity contribution is 7.89. The summed E-state index contributed by atoms with van der Waals surface area (Å²) < 4.78 is 21.9. The molecule has 1 heterocycles. The van der Waals surface area contributed by atoms with Gasteiger partial charge < -0.3 is 0 Å². The summed E-state index contributed by atoms with van der Waals surface area (Å²) in [5, 5.41) is 6.16. The second-order valence-electron chi connectivity index (χ2n) is 5.15. The predicted molar refractivity (Wildman–Crippen MR) is 82.7 cm³/mol. The molecule has 1 atom stereocenters. The van der Waals surface area contributed by atoms with Crippen LogP contribution in [0.5, 0.6) is 0 Å². The highest BCUT2D eigenvalue weighted by atomic mass is 35.5. The van der Waals surface area contributed by atoms with Crippen molar-refractivity contribution in [1.82, 2.24) is 4.90 Å². The number of fused-ring (bicyclic) bond motifs is 1. The Bertz CT molecular complexity index is 605. The molecule has 1 aliphatic rings. The number of halogens is 2. The zero-order valence-electron chi connectivity index (χ0n) is 11.3. The van der Waals surface area contributed by atoms with Crippen LogP contribution in [0.25, 0.3) is 0 Å². The largest absolute Gasteiger partial charge is 0.296 e. The molecule has 0 amide bonds. The summed E-state index contributed by atoms with van der Waals surface area (Å²) in [5.41, 5.74) is 2.39. The summed E-state index contributed by atoms with van der Waals surface area (Å²) in [5.74, 6) is 0.0183. The van der Waals surface area contributed by atoms with Gasteiger partial charge in [0.25, 0.3) is 0 Å². The molecule has 0 bridgehead atoms. The average Bonchev–Trinajstić information content (AvgIpc) is 2.33. The maximum absolute atomic E-state index is 11.0. The lowest BCUT2D eigenvalue weighted by Gasteiger charge is -2.35. The van der Waals surface area contributed by atoms with Crippen LogP contribution in [-0.2, 0) is 16.4 Å². The molecular weight excluding hydrogens is 319 g/mol. The van der Waals surface area contributed by atoms with E-state index in [4.69, 9.17) is 28.3 Å². The minimum Gasteiger partial charge on any atom is -0.296 e. The van der Waals surface area contributed by atoms with Crippen molar-refractivity contribution < 1.29 is 8.42 Å². The summed E-state index contributed by atoms with van der Waals surface area (Å²) in [6, 6.07) is 4.04. The molecule has 4 nitrogen and oxygen atoms in total. The van der Waals surface area contributed by atoms with E-state index >= 15 is 0 Å². The monoisotopic (exact) mass is 336 g/mol. The van der Waals surface area contributed by atoms with Crippen molar-refractivity contribution in [1.29, 1.82) is 0 Å². The van der Waals surface area contributed by atoms with Gasteiger partial charge in [0.2, 0.25) is 10.0 Å². The Morgan fingerprint density at radius 2 is 2.00 bits per heavy atom. The third kappa shape index (κ3) is 3.86. The first-order chi connectivity index (χ1) is 9.28. The van der Waals surface area contributed by atoms with E-state index in [0.29, 0.717) is 23.0 Å². The molecule has 0 saturated heterocycles. The van der Waals surface area contributed by atoms with Gasteiger partial charge in [-0.25, -0.2) is 13.6 Å². The summed E-state index contributed by atoms with van der Waals surface area (Å²) in [7, 11) is -3.38. The number of benzene rings is 1. The molecule has 1 unspecified atom stereocenters. The fraction of sp³-hybridized carbons (Fsp3) is 0.538. The summed E-state index contributed by atoms with van der Waals surface area (Å²) in [6.45, 7) is 3.69. The molecule has 0 spiro atoms. The van der Waals surface area contributed by atoms with Gasteiger partial charge in [-0.1, -0.05) is 23.2 Å². The zero-order valence-corrected chi connectivity index (χ0v) is 13.6. The second-order valence-corrected chi connectivity index (χ2v) is 7.70. The molecule has 112 valence electrons. The van der Waals surface area contributed by atoms with Crippen LogP contribution in [0.15, 0.2) is 12.1 Å². The van der Waals surface area contributed by atoms with Crippen molar-refractivity contribution in [2.45, 2.75) is 25.8 Å². The Balaban J connectivity index is 2.07. The molecule has 2 rings (SSSR count). The van der Waals surface area contributed by atoms with Gasteiger partial charge in [0.05, 0.1) is 15.8 Å². The molecular formula is C13H18Cl2N2O2S. The second kappa shape index (κ2) is 6.20. The summed E-state index contributed by atoms with van der Waals surface area (Å²) >= 11 is 12.1. The van der Waals surface area contributed by atoms with Gasteiger partial charge in [0, 0.05) is 12.6 Å². The number of hydrogen-bond acceptors (Lipinski definition) is 3. The van der Waals surface area contributed by atoms with Crippen molar-refractivity contribution in [3.05, 3.63) is 33.3 Å². The van der Waals surface area contributed by atoms with Crippen molar-refractivity contribution in [2.24, 2.45) is 5.14 Å². The van der Waals surface area contributed by atoms with Crippen LogP contribution >= 0.6 is 23.2 Å². The predicted octanol–water partition coefficient (Wildman–Crippen LogP) is 2.59. The van der Waals surface area contributed by atoms with E-state index in [1.165, 1.54) is 11.1 Å². The van der Waals surface area contributed by atoms with Crippen LogP contribution < -0.4 is 5.14 Å². The van der Waals surface area contributed by atoms with Gasteiger partial charge in [-0.15, -0.1) is 0 Å². The molecule has 1 aliphatic heterocycles. The standard InChI is InChI=1S/C13H18Cl2N2O2S/c1-9-11-8-13(15)12(14)7-10(11)3-5-17(9)4-2-6-20(16,18)19/h7-9H,2-6H2,1H3,(H2,16,18,19). The highest BCUT2D eigenvalue weighted by Crippen LogP contribution is 2.35. The van der Waals surface area contributed by atoms with Crippen LogP contribution in [-0.4, -0.2) is 32.2 Å². The maximum Gasteiger partial charge on any atom is 0.209 e. The van der Waals surface area contributed by atoms with E-state index in [1.54, 1.807) is 0 Å². The molecule has 0 radical (unpaired) electrons. The number of hydrogen-bond donors (Lipinski definition) is 1. The van der Waals surface area contributed by atoms with E-state index in [-0.39, 0.29) is 11.8 Å². The molecule has 1 aromatic rings. The molecule has 2 N–H and O–H groups in total. The first-order valence-corrected chi connectivity index (χ1v) is 8.97. The van der Waals surface area contributed by atoms with Gasteiger partial charge in [0.1, 0.15) is 0 Å². The fourth-order valence-electron chi connectivity index (χ4n) is 2.64. The van der Waals surface area contributed by atoms with E-state index in [2.05, 4.69) is 11.8 Å². The first-order valence-electron chi connectivity index (χ1n) is 6.50. The van der Waals surface area contributed by atoms with Crippen LogP contribution in [0.2, 0.25) is 10.0 Å². The van der Waals surface area contributed by atoms with E-state index in [0.717, 1.165) is 13.0 Å². The van der Waals surface area contributed by atoms with Crippen LogP contribution in [0.3, 0.4) is 0 Å². The molecule has 0 fully saturated rings. The van der Waals surface area contributed by atoms with Crippen LogP contribution in [0, 0.1) is 0 Å². The number of primary sulfonamides is 1. The van der Waals surface area contributed by atoms with Crippen LogP contribution in [0.1, 0.15) is 30.5 Å². The third-order valence-corrected chi connectivity index (χ3v) is 5.30. The van der Waals surface area contributed by atoms with Gasteiger partial charge in [0.15, 0.2) is 0 Å². The highest BCUT2D eigenvalue weighted by Gasteiger charge is 2.24. The molecule has 20 heavy (non-hydrogen) atoms. The molecule has 7 heteroatoms. The molecule has 1 aromatic carbocycles. The van der Waals surface area contributed by atoms with Gasteiger partial charge in [-0.3, -0.25) is 4.90 Å². The lowest BCUT2D eigenvalue weighted by molar-refractivity contribution is 0.199. The zero-order chi connectivity index (χ0) is 14.9. The Labute approximate surface area is 129 Å². The molecule has 0 aliphatic carbocycles. The molecule has 0 saturated carbocycles. The average molecular weight is 337 g/mol. The smallest absolute Gasteiger partial charge is 0.209 e. The van der Waals surface area contributed by atoms with Crippen molar-refractivity contribution in [2.75, 3.05) is 18.8 Å². The van der Waals surface area contributed by atoms with Gasteiger partial charge >= 0.3 is 0 Å². The number of nitrogens with zero attached hydrogens (tertiary/aromatic N) is 1. The number of nitrogens with two attached hydrogens (primary N) is 1. The van der Waals surface area contributed by atoms with Crippen molar-refractivity contribution >= 4 is 33.2 Å². The Hall–Kier alpha value is -0.330. The van der Waals surface area contributed by atoms with E-state index in [9.17, 15) is 8.42 Å². The van der Waals surface area contributed by atoms with E-state index < -0.39 is 10.0 Å². The van der Waals surface area contributed by atoms with Gasteiger partial charge in [-0.05, 0) is 49.6 Å². The SMILES string of the molecule is CC1c2cc(Cl)c(Cl)cc2CCN1CCCS(N)(=O)=O. The lowest BCUT2D eigenvalue weighted by atomic mass is 9.93. The molecule has 0 aromatic heterocycles. The fourth-order valence-corrected chi connectivity index (χ4v) is 3.53. The Kier molecular flexibility index (Phi) is 4.97. The minimum atomic E-state index is -3.38. The lowest BCUT2D eigenvalue weighted by Crippen LogP contribution is -2.35. The first kappa shape index (κ1) is 16.0. The maximum atomic E-state index is 11.0. The normalized spacial score (nSPS) is 19.9. The minimum absolute atomic E-state index is 0.0183. The van der Waals surface area contributed by atoms with E-state index in [1.807, 2.05) is 12.1 Å².